The summed E-state index contributed by atoms with van der Waals surface area (Å²) in [5.41, 5.74) is 0. The number of amides is 1. The molecule has 1 aromatic rings. The van der Waals surface area contributed by atoms with E-state index in [9.17, 15) is 4.79 Å². The van der Waals surface area contributed by atoms with Crippen molar-refractivity contribution in [3.63, 3.8) is 0 Å². The number of hydrogen-bond acceptors (Lipinski definition) is 6. The first-order valence-electron chi connectivity index (χ1n) is 7.68. The zero-order valence-corrected chi connectivity index (χ0v) is 13.5. The van der Waals surface area contributed by atoms with Gasteiger partial charge in [0.15, 0.2) is 5.82 Å². The average molecular weight is 311 g/mol. The fourth-order valence-electron chi connectivity index (χ4n) is 2.44. The van der Waals surface area contributed by atoms with Crippen LogP contribution < -0.4 is 10.6 Å². The molecule has 0 saturated heterocycles. The number of carbonyl (C=O) groups excluding carboxylic acids is 1. The molecule has 8 nitrogen and oxygen atoms in total. The third-order valence-corrected chi connectivity index (χ3v) is 3.63. The van der Waals surface area contributed by atoms with Crippen molar-refractivity contribution in [3.8, 4) is 0 Å². The molecular formula is C14H25N5O3. The molecule has 0 aliphatic carbocycles. The maximum atomic E-state index is 11.9. The second-order valence-electron chi connectivity index (χ2n) is 5.62. The lowest BCUT2D eigenvalue weighted by Crippen LogP contribution is -2.35. The highest BCUT2D eigenvalue weighted by molar-refractivity contribution is 5.67. The number of nitrogens with zero attached hydrogens (tertiary/aromatic N) is 3. The molecule has 2 N–H and O–H groups in total. The molecule has 8 heteroatoms. The number of fused-ring (bicyclic) bond motifs is 1. The zero-order valence-electron chi connectivity index (χ0n) is 13.5. The summed E-state index contributed by atoms with van der Waals surface area (Å²) in [6.45, 7) is 7.27. The Morgan fingerprint density at radius 2 is 2.18 bits per heavy atom. The second-order valence-corrected chi connectivity index (χ2v) is 5.62. The molecule has 2 rings (SSSR count). The highest BCUT2D eigenvalue weighted by Crippen LogP contribution is 2.21. The van der Waals surface area contributed by atoms with Crippen molar-refractivity contribution in [2.75, 3.05) is 33.4 Å². The molecule has 0 bridgehead atoms. The van der Waals surface area contributed by atoms with E-state index in [1.165, 1.54) is 0 Å². The summed E-state index contributed by atoms with van der Waals surface area (Å²) in [5, 5.41) is 14.8. The van der Waals surface area contributed by atoms with Gasteiger partial charge in [0.05, 0.1) is 12.6 Å². The van der Waals surface area contributed by atoms with Gasteiger partial charge in [-0.1, -0.05) is 13.8 Å². The Hall–Kier alpha value is -1.67. The summed E-state index contributed by atoms with van der Waals surface area (Å²) in [6, 6.07) is -0.227. The van der Waals surface area contributed by atoms with E-state index >= 15 is 0 Å². The van der Waals surface area contributed by atoms with Crippen LogP contribution >= 0.6 is 0 Å². The minimum Gasteiger partial charge on any atom is -0.447 e. The minimum atomic E-state index is -0.458. The van der Waals surface area contributed by atoms with Crippen molar-refractivity contribution < 1.29 is 14.3 Å². The lowest BCUT2D eigenvalue weighted by Gasteiger charge is -2.22. The Bertz CT molecular complexity index is 489. The van der Waals surface area contributed by atoms with Crippen LogP contribution in [0.15, 0.2) is 0 Å². The summed E-state index contributed by atoms with van der Waals surface area (Å²) in [6.07, 6.45) is 0.385. The Labute approximate surface area is 130 Å². The molecule has 1 aliphatic rings. The smallest absolute Gasteiger partial charge is 0.407 e. The Kier molecular flexibility index (Phi) is 6.14. The van der Waals surface area contributed by atoms with Gasteiger partial charge in [-0.25, -0.2) is 4.79 Å². The minimum absolute atomic E-state index is 0.180. The maximum Gasteiger partial charge on any atom is 0.407 e. The summed E-state index contributed by atoms with van der Waals surface area (Å²) in [4.78, 5) is 11.9. The molecule has 0 spiro atoms. The molecule has 1 atom stereocenters. The van der Waals surface area contributed by atoms with Crippen LogP contribution in [0.2, 0.25) is 0 Å². The Morgan fingerprint density at radius 1 is 1.36 bits per heavy atom. The van der Waals surface area contributed by atoms with Crippen molar-refractivity contribution >= 4 is 6.09 Å². The first-order chi connectivity index (χ1) is 10.6. The van der Waals surface area contributed by atoms with Gasteiger partial charge in [-0.2, -0.15) is 0 Å². The maximum absolute atomic E-state index is 11.9. The molecule has 2 heterocycles. The second kappa shape index (κ2) is 8.09. The van der Waals surface area contributed by atoms with E-state index in [1.807, 2.05) is 13.8 Å². The summed E-state index contributed by atoms with van der Waals surface area (Å²) in [5.74, 6) is 1.93. The largest absolute Gasteiger partial charge is 0.447 e. The highest BCUT2D eigenvalue weighted by Gasteiger charge is 2.26. The van der Waals surface area contributed by atoms with Crippen molar-refractivity contribution in [2.45, 2.75) is 32.9 Å². The van der Waals surface area contributed by atoms with Gasteiger partial charge in [0.25, 0.3) is 0 Å². The van der Waals surface area contributed by atoms with E-state index in [2.05, 4.69) is 25.4 Å². The van der Waals surface area contributed by atoms with Crippen LogP contribution in [0.3, 0.4) is 0 Å². The lowest BCUT2D eigenvalue weighted by atomic mass is 10.0. The van der Waals surface area contributed by atoms with Crippen LogP contribution in [0.1, 0.15) is 31.5 Å². The molecule has 1 amide bonds. The van der Waals surface area contributed by atoms with Gasteiger partial charge >= 0.3 is 6.09 Å². The standard InChI is InChI=1S/C14H25N5O3/c1-10(2)12(16-14(20)22-9-8-21-3)13-18-17-11-4-5-15-6-7-19(11)13/h10,12,15H,4-9H2,1-3H3,(H,16,20)/t12-/m1/s1. The molecule has 0 saturated carbocycles. The third-order valence-electron chi connectivity index (χ3n) is 3.63. The first-order valence-corrected chi connectivity index (χ1v) is 7.68. The number of methoxy groups -OCH3 is 1. The van der Waals surface area contributed by atoms with Gasteiger partial charge in [0.2, 0.25) is 0 Å². The number of carbonyl (C=O) groups is 1. The number of aromatic nitrogens is 3. The number of nitrogens with one attached hydrogen (secondary N) is 2. The molecule has 0 fully saturated rings. The SMILES string of the molecule is COCCOC(=O)N[C@@H](c1nnc2n1CCNCC2)C(C)C. The van der Waals surface area contributed by atoms with E-state index in [1.54, 1.807) is 7.11 Å². The van der Waals surface area contributed by atoms with Gasteiger partial charge in [0.1, 0.15) is 12.4 Å². The molecular weight excluding hydrogens is 286 g/mol. The van der Waals surface area contributed by atoms with E-state index in [-0.39, 0.29) is 18.6 Å². The molecule has 22 heavy (non-hydrogen) atoms. The average Bonchev–Trinajstić information content (AvgIpc) is 2.73. The van der Waals surface area contributed by atoms with Gasteiger partial charge < -0.3 is 24.7 Å². The summed E-state index contributed by atoms with van der Waals surface area (Å²) in [7, 11) is 1.57. The van der Waals surface area contributed by atoms with Crippen LogP contribution in [0.5, 0.6) is 0 Å². The van der Waals surface area contributed by atoms with Crippen molar-refractivity contribution in [3.05, 3.63) is 11.6 Å². The fraction of sp³-hybridized carbons (Fsp3) is 0.786. The van der Waals surface area contributed by atoms with Crippen LogP contribution in [-0.2, 0) is 22.4 Å². The van der Waals surface area contributed by atoms with Gasteiger partial charge in [0, 0.05) is 33.2 Å². The summed E-state index contributed by atoms with van der Waals surface area (Å²) >= 11 is 0. The van der Waals surface area contributed by atoms with Gasteiger partial charge in [-0.05, 0) is 5.92 Å². The van der Waals surface area contributed by atoms with Crippen LogP contribution in [0.25, 0.3) is 0 Å². The molecule has 1 aromatic heterocycles. The topological polar surface area (TPSA) is 90.3 Å². The van der Waals surface area contributed by atoms with E-state index in [0.717, 1.165) is 37.7 Å². The molecule has 0 aromatic carbocycles. The number of rotatable bonds is 6. The van der Waals surface area contributed by atoms with Crippen molar-refractivity contribution in [1.29, 1.82) is 0 Å². The molecule has 0 radical (unpaired) electrons. The number of alkyl carbamates (subject to hydrolysis) is 1. The summed E-state index contributed by atoms with van der Waals surface area (Å²) < 4.78 is 12.0. The van der Waals surface area contributed by atoms with E-state index in [4.69, 9.17) is 9.47 Å². The Balaban J connectivity index is 2.08. The monoisotopic (exact) mass is 311 g/mol. The van der Waals surface area contributed by atoms with Crippen LogP contribution in [0, 0.1) is 5.92 Å². The number of ether oxygens (including phenoxy) is 2. The van der Waals surface area contributed by atoms with E-state index < -0.39 is 6.09 Å². The molecule has 0 unspecified atom stereocenters. The van der Waals surface area contributed by atoms with E-state index in [0.29, 0.717) is 6.61 Å². The predicted octanol–water partition coefficient (Wildman–Crippen LogP) is 0.494. The highest BCUT2D eigenvalue weighted by atomic mass is 16.6. The fourth-order valence-corrected chi connectivity index (χ4v) is 2.44. The predicted molar refractivity (Wildman–Crippen MR) is 80.5 cm³/mol. The normalized spacial score (nSPS) is 16.0. The third kappa shape index (κ3) is 4.17. The van der Waals surface area contributed by atoms with Crippen molar-refractivity contribution in [1.82, 2.24) is 25.4 Å². The van der Waals surface area contributed by atoms with Crippen LogP contribution in [0.4, 0.5) is 4.79 Å². The first kappa shape index (κ1) is 16.7. The molecule has 124 valence electrons. The Morgan fingerprint density at radius 3 is 2.91 bits per heavy atom. The van der Waals surface area contributed by atoms with Crippen LogP contribution in [-0.4, -0.2) is 54.3 Å². The zero-order chi connectivity index (χ0) is 15.9. The van der Waals surface area contributed by atoms with Gasteiger partial charge in [-0.15, -0.1) is 10.2 Å². The number of hydrogen-bond donors (Lipinski definition) is 2. The van der Waals surface area contributed by atoms with Gasteiger partial charge in [-0.3, -0.25) is 0 Å². The van der Waals surface area contributed by atoms with Crippen molar-refractivity contribution in [2.24, 2.45) is 5.92 Å². The lowest BCUT2D eigenvalue weighted by molar-refractivity contribution is 0.0945. The molecule has 1 aliphatic heterocycles. The quantitative estimate of drug-likeness (QED) is 0.743.